The van der Waals surface area contributed by atoms with Crippen LogP contribution < -0.4 is 5.32 Å². The fourth-order valence-electron chi connectivity index (χ4n) is 2.34. The highest BCUT2D eigenvalue weighted by Crippen LogP contribution is 2.23. The van der Waals surface area contributed by atoms with Crippen molar-refractivity contribution >= 4 is 33.8 Å². The lowest BCUT2D eigenvalue weighted by atomic mass is 10.1. The third-order valence-electron chi connectivity index (χ3n) is 3.84. The molecule has 1 aromatic heterocycles. The van der Waals surface area contributed by atoms with Crippen LogP contribution in [-0.2, 0) is 23.2 Å². The van der Waals surface area contributed by atoms with Gasteiger partial charge in [-0.1, -0.05) is 40.2 Å². The van der Waals surface area contributed by atoms with Crippen LogP contribution in [0.4, 0.5) is 5.95 Å². The number of hydrogen-bond acceptors (Lipinski definition) is 5. The van der Waals surface area contributed by atoms with Gasteiger partial charge in [0.25, 0.3) is 0 Å². The first-order valence-corrected chi connectivity index (χ1v) is 9.08. The number of imidazole rings is 1. The van der Waals surface area contributed by atoms with Gasteiger partial charge in [-0.25, -0.2) is 14.6 Å². The Bertz CT molecular complexity index is 1030. The highest BCUT2D eigenvalue weighted by Gasteiger charge is 2.08. The average Bonchev–Trinajstić information content (AvgIpc) is 3.08. The molecule has 0 aliphatic carbocycles. The monoisotopic (exact) mass is 456 g/mol. The Hall–Kier alpha value is -3.64. The van der Waals surface area contributed by atoms with Gasteiger partial charge in [0, 0.05) is 18.1 Å². The molecule has 2 aromatic carbocycles. The molecule has 0 fully saturated rings. The van der Waals surface area contributed by atoms with Crippen LogP contribution in [0, 0.1) is 11.3 Å². The Morgan fingerprint density at radius 2 is 1.69 bits per heavy atom. The minimum atomic E-state index is -1.82. The van der Waals surface area contributed by atoms with Gasteiger partial charge in [-0.05, 0) is 35.4 Å². The lowest BCUT2D eigenvalue weighted by Crippen LogP contribution is -2.09. The molecule has 0 bridgehead atoms. The quantitative estimate of drug-likeness (QED) is 0.512. The van der Waals surface area contributed by atoms with E-state index in [2.05, 4.69) is 44.4 Å². The summed E-state index contributed by atoms with van der Waals surface area (Å²) in [4.78, 5) is 22.7. The van der Waals surface area contributed by atoms with Crippen molar-refractivity contribution in [3.8, 4) is 17.3 Å². The molecule has 3 N–H and O–H groups in total. The van der Waals surface area contributed by atoms with Gasteiger partial charge < -0.3 is 20.1 Å². The highest BCUT2D eigenvalue weighted by atomic mass is 79.9. The average molecular weight is 457 g/mol. The molecule has 8 nitrogen and oxygen atoms in total. The van der Waals surface area contributed by atoms with E-state index in [9.17, 15) is 0 Å². The normalized spacial score (nSPS) is 9.69. The molecule has 9 heteroatoms. The molecule has 3 aromatic rings. The van der Waals surface area contributed by atoms with Gasteiger partial charge in [-0.2, -0.15) is 5.26 Å². The summed E-state index contributed by atoms with van der Waals surface area (Å²) in [5.41, 5.74) is 3.95. The zero-order valence-corrected chi connectivity index (χ0v) is 16.9. The van der Waals surface area contributed by atoms with Crippen molar-refractivity contribution in [3.05, 3.63) is 70.3 Å². The van der Waals surface area contributed by atoms with Gasteiger partial charge >= 0.3 is 11.9 Å². The molecule has 0 amide bonds. The zero-order chi connectivity index (χ0) is 21.4. The molecule has 1 heterocycles. The molecule has 0 aliphatic heterocycles. The van der Waals surface area contributed by atoms with Crippen LogP contribution in [0.1, 0.15) is 11.1 Å². The van der Waals surface area contributed by atoms with Gasteiger partial charge in [0.2, 0.25) is 5.95 Å². The second kappa shape index (κ2) is 10.1. The molecule has 3 rings (SSSR count). The number of hydrogen-bond donors (Lipinski definition) is 3. The topological polar surface area (TPSA) is 128 Å². The van der Waals surface area contributed by atoms with Crippen molar-refractivity contribution in [3.63, 3.8) is 0 Å². The van der Waals surface area contributed by atoms with Crippen LogP contribution in [-0.4, -0.2) is 31.7 Å². The van der Waals surface area contributed by atoms with Crippen LogP contribution in [0.2, 0.25) is 0 Å². The van der Waals surface area contributed by atoms with E-state index >= 15 is 0 Å². The molecule has 29 heavy (non-hydrogen) atoms. The van der Waals surface area contributed by atoms with Crippen LogP contribution in [0.3, 0.4) is 0 Å². The predicted molar refractivity (Wildman–Crippen MR) is 110 cm³/mol. The Morgan fingerprint density at radius 1 is 1.10 bits per heavy atom. The number of carboxylic acids is 2. The van der Waals surface area contributed by atoms with Crippen LogP contribution in [0.5, 0.6) is 0 Å². The first-order chi connectivity index (χ1) is 13.8. The van der Waals surface area contributed by atoms with Gasteiger partial charge in [0.05, 0.1) is 23.5 Å². The number of nitriles is 1. The third kappa shape index (κ3) is 6.19. The number of nitrogens with one attached hydrogen (secondary N) is 1. The zero-order valence-electron chi connectivity index (χ0n) is 15.3. The summed E-state index contributed by atoms with van der Waals surface area (Å²) in [7, 11) is 1.99. The molecular formula is C20H17BrN4O4. The van der Waals surface area contributed by atoms with E-state index in [4.69, 9.17) is 25.1 Å². The van der Waals surface area contributed by atoms with Crippen molar-refractivity contribution in [2.24, 2.45) is 7.05 Å². The Kier molecular flexibility index (Phi) is 7.51. The maximum atomic E-state index is 9.10. The number of nitrogens with zero attached hydrogens (tertiary/aromatic N) is 3. The Balaban J connectivity index is 0.000000438. The third-order valence-corrected chi connectivity index (χ3v) is 4.37. The summed E-state index contributed by atoms with van der Waals surface area (Å²) < 4.78 is 3.09. The molecule has 0 unspecified atom stereocenters. The maximum absolute atomic E-state index is 9.10. The summed E-state index contributed by atoms with van der Waals surface area (Å²) in [6, 6.07) is 17.8. The molecule has 0 saturated carbocycles. The number of anilines is 1. The molecule has 148 valence electrons. The standard InChI is InChI=1S/C18H15BrN4.C2H2O4/c1-23-17(15-6-8-16(19)9-7-15)12-22-18(23)21-11-14-4-2-13(10-20)3-5-14;3-1(4)2(5)6/h2-9,12H,11H2,1H3,(H,21,22);(H,3,4)(H,5,6). The van der Waals surface area contributed by atoms with E-state index in [0.717, 1.165) is 27.2 Å². The van der Waals surface area contributed by atoms with E-state index in [0.29, 0.717) is 12.1 Å². The summed E-state index contributed by atoms with van der Waals surface area (Å²) in [6.45, 7) is 0.663. The SMILES string of the molecule is Cn1c(-c2ccc(Br)cc2)cnc1NCc1ccc(C#N)cc1.O=C(O)C(=O)O. The largest absolute Gasteiger partial charge is 0.473 e. The highest BCUT2D eigenvalue weighted by molar-refractivity contribution is 9.10. The molecule has 0 radical (unpaired) electrons. The second-order valence-corrected chi connectivity index (χ2v) is 6.72. The first kappa shape index (κ1) is 21.7. The van der Waals surface area contributed by atoms with E-state index in [1.165, 1.54) is 0 Å². The fourth-order valence-corrected chi connectivity index (χ4v) is 2.61. The molecule has 0 atom stereocenters. The fraction of sp³-hybridized carbons (Fsp3) is 0.100. The van der Waals surface area contributed by atoms with Crippen molar-refractivity contribution < 1.29 is 19.8 Å². The van der Waals surface area contributed by atoms with E-state index in [1.54, 1.807) is 0 Å². The number of carboxylic acid groups (broad SMARTS) is 2. The Labute approximate surface area is 175 Å². The van der Waals surface area contributed by atoms with E-state index < -0.39 is 11.9 Å². The first-order valence-electron chi connectivity index (χ1n) is 8.28. The van der Waals surface area contributed by atoms with Gasteiger partial charge in [0.1, 0.15) is 0 Å². The number of benzene rings is 2. The van der Waals surface area contributed by atoms with Crippen LogP contribution in [0.15, 0.2) is 59.2 Å². The van der Waals surface area contributed by atoms with Crippen LogP contribution >= 0.6 is 15.9 Å². The number of aliphatic carboxylic acids is 2. The predicted octanol–water partition coefficient (Wildman–Crippen LogP) is 3.49. The minimum absolute atomic E-state index is 0.663. The number of carbonyl (C=O) groups is 2. The van der Waals surface area contributed by atoms with E-state index in [1.807, 2.05) is 54.2 Å². The van der Waals surface area contributed by atoms with Crippen molar-refractivity contribution in [2.45, 2.75) is 6.54 Å². The maximum Gasteiger partial charge on any atom is 0.414 e. The molecular weight excluding hydrogens is 440 g/mol. The molecule has 0 spiro atoms. The van der Waals surface area contributed by atoms with E-state index in [-0.39, 0.29) is 0 Å². The summed E-state index contributed by atoms with van der Waals surface area (Å²) in [6.07, 6.45) is 1.87. The van der Waals surface area contributed by atoms with Crippen LogP contribution in [0.25, 0.3) is 11.3 Å². The summed E-state index contributed by atoms with van der Waals surface area (Å²) >= 11 is 3.45. The minimum Gasteiger partial charge on any atom is -0.473 e. The van der Waals surface area contributed by atoms with Gasteiger partial charge in [-0.15, -0.1) is 0 Å². The lowest BCUT2D eigenvalue weighted by Gasteiger charge is -2.08. The number of rotatable bonds is 4. The molecule has 0 aliphatic rings. The smallest absolute Gasteiger partial charge is 0.414 e. The Morgan fingerprint density at radius 3 is 2.21 bits per heavy atom. The number of aromatic nitrogens is 2. The molecule has 0 saturated heterocycles. The van der Waals surface area contributed by atoms with Crippen molar-refractivity contribution in [1.29, 1.82) is 5.26 Å². The second-order valence-electron chi connectivity index (χ2n) is 5.81. The lowest BCUT2D eigenvalue weighted by molar-refractivity contribution is -0.159. The summed E-state index contributed by atoms with van der Waals surface area (Å²) in [5.74, 6) is -2.84. The van der Waals surface area contributed by atoms with Gasteiger partial charge in [0.15, 0.2) is 0 Å². The van der Waals surface area contributed by atoms with Crippen molar-refractivity contribution in [1.82, 2.24) is 9.55 Å². The summed E-state index contributed by atoms with van der Waals surface area (Å²) in [5, 5.41) is 26.9. The van der Waals surface area contributed by atoms with Crippen molar-refractivity contribution in [2.75, 3.05) is 5.32 Å². The van der Waals surface area contributed by atoms with Gasteiger partial charge in [-0.3, -0.25) is 0 Å². The number of halogens is 1.